The smallest absolute Gasteiger partial charge is 0.271 e. The lowest BCUT2D eigenvalue weighted by Gasteiger charge is -2.12. The van der Waals surface area contributed by atoms with Gasteiger partial charge in [-0.15, -0.1) is 0 Å². The minimum absolute atomic E-state index is 0.239. The summed E-state index contributed by atoms with van der Waals surface area (Å²) in [4.78, 5) is 24.7. The molecule has 1 amide bonds. The lowest BCUT2D eigenvalue weighted by Crippen LogP contribution is -2.24. The molecular weight excluding hydrogens is 378 g/mol. The summed E-state index contributed by atoms with van der Waals surface area (Å²) in [6.07, 6.45) is 6.31. The van der Waals surface area contributed by atoms with Crippen molar-refractivity contribution in [3.8, 4) is 11.5 Å². The maximum Gasteiger partial charge on any atom is 0.271 e. The molecular formula is C23H19N5O2. The van der Waals surface area contributed by atoms with Crippen LogP contribution in [0.25, 0.3) is 0 Å². The van der Waals surface area contributed by atoms with Crippen LogP contribution >= 0.6 is 0 Å². The number of anilines is 2. The summed E-state index contributed by atoms with van der Waals surface area (Å²) >= 11 is 0. The van der Waals surface area contributed by atoms with E-state index in [-0.39, 0.29) is 11.6 Å². The molecule has 2 aromatic heterocycles. The molecule has 2 aromatic carbocycles. The highest BCUT2D eigenvalue weighted by molar-refractivity contribution is 5.92. The maximum absolute atomic E-state index is 12.3. The minimum Gasteiger partial charge on any atom is -0.455 e. The second kappa shape index (κ2) is 9.29. The van der Waals surface area contributed by atoms with Crippen molar-refractivity contribution in [1.29, 1.82) is 0 Å². The Hall–Kier alpha value is -4.26. The van der Waals surface area contributed by atoms with Gasteiger partial charge in [-0.05, 0) is 42.0 Å². The van der Waals surface area contributed by atoms with Gasteiger partial charge in [0.15, 0.2) is 5.75 Å². The summed E-state index contributed by atoms with van der Waals surface area (Å²) < 4.78 is 5.94. The number of hydrogen-bond acceptors (Lipinski definition) is 6. The first-order valence-electron chi connectivity index (χ1n) is 9.36. The van der Waals surface area contributed by atoms with Crippen molar-refractivity contribution in [3.63, 3.8) is 0 Å². The SMILES string of the molecule is O=C(NCc1ccncc1)c1cnc(Nc2ccccc2Oc2ccccc2)cn1. The van der Waals surface area contributed by atoms with E-state index in [1.54, 1.807) is 12.4 Å². The summed E-state index contributed by atoms with van der Waals surface area (Å²) in [7, 11) is 0. The van der Waals surface area contributed by atoms with E-state index in [9.17, 15) is 4.79 Å². The zero-order valence-electron chi connectivity index (χ0n) is 16.0. The fourth-order valence-electron chi connectivity index (χ4n) is 2.70. The Morgan fingerprint density at radius 3 is 2.40 bits per heavy atom. The topological polar surface area (TPSA) is 89.0 Å². The zero-order chi connectivity index (χ0) is 20.6. The summed E-state index contributed by atoms with van der Waals surface area (Å²) in [6, 6.07) is 20.7. The number of hydrogen-bond donors (Lipinski definition) is 2. The van der Waals surface area contributed by atoms with Gasteiger partial charge in [0.2, 0.25) is 0 Å². The lowest BCUT2D eigenvalue weighted by atomic mass is 10.2. The molecule has 0 aliphatic rings. The molecule has 0 saturated carbocycles. The van der Waals surface area contributed by atoms with Crippen molar-refractivity contribution in [1.82, 2.24) is 20.3 Å². The van der Waals surface area contributed by atoms with E-state index in [1.165, 1.54) is 12.4 Å². The van der Waals surface area contributed by atoms with Crippen molar-refractivity contribution < 1.29 is 9.53 Å². The maximum atomic E-state index is 12.3. The molecule has 0 saturated heterocycles. The van der Waals surface area contributed by atoms with Gasteiger partial charge in [0, 0.05) is 18.9 Å². The Bertz CT molecular complexity index is 1100. The molecule has 0 aliphatic carbocycles. The largest absolute Gasteiger partial charge is 0.455 e. The fourth-order valence-corrected chi connectivity index (χ4v) is 2.70. The molecule has 4 aromatic rings. The van der Waals surface area contributed by atoms with Crippen LogP contribution in [-0.4, -0.2) is 20.9 Å². The minimum atomic E-state index is -0.293. The average molecular weight is 397 g/mol. The predicted molar refractivity (Wildman–Crippen MR) is 114 cm³/mol. The second-order valence-corrected chi connectivity index (χ2v) is 6.36. The molecule has 0 fully saturated rings. The van der Waals surface area contributed by atoms with Gasteiger partial charge in [-0.2, -0.15) is 0 Å². The third-order valence-electron chi connectivity index (χ3n) is 4.21. The van der Waals surface area contributed by atoms with Crippen LogP contribution in [0, 0.1) is 0 Å². The van der Waals surface area contributed by atoms with Crippen LogP contribution in [0.15, 0.2) is 91.5 Å². The number of pyridine rings is 1. The highest BCUT2D eigenvalue weighted by Gasteiger charge is 2.10. The van der Waals surface area contributed by atoms with Crippen LogP contribution in [-0.2, 0) is 6.54 Å². The van der Waals surface area contributed by atoms with Crippen LogP contribution in [0.1, 0.15) is 16.1 Å². The van der Waals surface area contributed by atoms with Crippen LogP contribution in [0.2, 0.25) is 0 Å². The Kier molecular flexibility index (Phi) is 5.91. The molecule has 0 spiro atoms. The van der Waals surface area contributed by atoms with E-state index in [4.69, 9.17) is 4.74 Å². The molecule has 30 heavy (non-hydrogen) atoms. The molecule has 7 heteroatoms. The highest BCUT2D eigenvalue weighted by atomic mass is 16.5. The van der Waals surface area contributed by atoms with Crippen molar-refractivity contribution in [2.45, 2.75) is 6.54 Å². The molecule has 7 nitrogen and oxygen atoms in total. The first kappa shape index (κ1) is 19.1. The molecule has 0 atom stereocenters. The van der Waals surface area contributed by atoms with Gasteiger partial charge in [-0.25, -0.2) is 9.97 Å². The molecule has 0 aliphatic heterocycles. The van der Waals surface area contributed by atoms with E-state index < -0.39 is 0 Å². The summed E-state index contributed by atoms with van der Waals surface area (Å²) in [5.41, 5.74) is 1.94. The van der Waals surface area contributed by atoms with Crippen LogP contribution < -0.4 is 15.4 Å². The zero-order valence-corrected chi connectivity index (χ0v) is 16.0. The fraction of sp³-hybridized carbons (Fsp3) is 0.0435. The van der Waals surface area contributed by atoms with Gasteiger partial charge in [0.1, 0.15) is 17.3 Å². The number of nitrogens with one attached hydrogen (secondary N) is 2. The van der Waals surface area contributed by atoms with Gasteiger partial charge < -0.3 is 15.4 Å². The first-order valence-corrected chi connectivity index (χ1v) is 9.36. The van der Waals surface area contributed by atoms with Crippen LogP contribution in [0.5, 0.6) is 11.5 Å². The van der Waals surface area contributed by atoms with Crippen molar-refractivity contribution in [2.24, 2.45) is 0 Å². The van der Waals surface area contributed by atoms with Crippen LogP contribution in [0.4, 0.5) is 11.5 Å². The van der Waals surface area contributed by atoms with E-state index in [2.05, 4.69) is 25.6 Å². The van der Waals surface area contributed by atoms with E-state index in [0.29, 0.717) is 18.1 Å². The molecule has 2 N–H and O–H groups in total. The molecule has 4 rings (SSSR count). The quantitative estimate of drug-likeness (QED) is 0.482. The molecule has 0 unspecified atom stereocenters. The number of carbonyl (C=O) groups is 1. The number of amides is 1. The number of benzene rings is 2. The summed E-state index contributed by atoms with van der Waals surface area (Å²) in [6.45, 7) is 0.396. The normalized spacial score (nSPS) is 10.3. The van der Waals surface area contributed by atoms with Gasteiger partial charge in [0.25, 0.3) is 5.91 Å². The van der Waals surface area contributed by atoms with E-state index in [1.807, 2.05) is 66.7 Å². The predicted octanol–water partition coefficient (Wildman–Crippen LogP) is 4.34. The van der Waals surface area contributed by atoms with Gasteiger partial charge >= 0.3 is 0 Å². The van der Waals surface area contributed by atoms with Gasteiger partial charge in [-0.3, -0.25) is 9.78 Å². The number of para-hydroxylation sites is 3. The van der Waals surface area contributed by atoms with Crippen molar-refractivity contribution in [2.75, 3.05) is 5.32 Å². The van der Waals surface area contributed by atoms with E-state index in [0.717, 1.165) is 17.0 Å². The third-order valence-corrected chi connectivity index (χ3v) is 4.21. The number of rotatable bonds is 7. The number of nitrogens with zero attached hydrogens (tertiary/aromatic N) is 3. The standard InChI is InChI=1S/C23H19N5O2/c29-23(27-14-17-10-12-24-13-11-17)20-15-26-22(16-25-20)28-19-8-4-5-9-21(19)30-18-6-2-1-3-7-18/h1-13,15-16H,14H2,(H,26,28)(H,27,29). The van der Waals surface area contributed by atoms with Crippen molar-refractivity contribution >= 4 is 17.4 Å². The molecule has 0 radical (unpaired) electrons. The second-order valence-electron chi connectivity index (χ2n) is 6.36. The Balaban J connectivity index is 1.41. The summed E-state index contributed by atoms with van der Waals surface area (Å²) in [5, 5.41) is 5.99. The first-order chi connectivity index (χ1) is 14.8. The Morgan fingerprint density at radius 2 is 1.63 bits per heavy atom. The molecule has 148 valence electrons. The van der Waals surface area contributed by atoms with Gasteiger partial charge in [0.05, 0.1) is 18.1 Å². The third kappa shape index (κ3) is 4.96. The molecule has 2 heterocycles. The lowest BCUT2D eigenvalue weighted by molar-refractivity contribution is 0.0945. The Labute approximate surface area is 173 Å². The average Bonchev–Trinajstić information content (AvgIpc) is 2.81. The number of aromatic nitrogens is 3. The highest BCUT2D eigenvalue weighted by Crippen LogP contribution is 2.30. The Morgan fingerprint density at radius 1 is 0.867 bits per heavy atom. The van der Waals surface area contributed by atoms with E-state index >= 15 is 0 Å². The monoisotopic (exact) mass is 397 g/mol. The number of carbonyl (C=O) groups excluding carboxylic acids is 1. The summed E-state index contributed by atoms with van der Waals surface area (Å²) in [5.74, 6) is 1.60. The van der Waals surface area contributed by atoms with Gasteiger partial charge in [-0.1, -0.05) is 30.3 Å². The molecule has 0 bridgehead atoms. The van der Waals surface area contributed by atoms with Crippen LogP contribution in [0.3, 0.4) is 0 Å². The number of ether oxygens (including phenoxy) is 1. The van der Waals surface area contributed by atoms with Crippen molar-refractivity contribution in [3.05, 3.63) is 103 Å².